The molecule has 2 aromatic carbocycles. The van der Waals surface area contributed by atoms with Crippen LogP contribution < -0.4 is 4.74 Å². The highest BCUT2D eigenvalue weighted by molar-refractivity contribution is 6.46. The van der Waals surface area contributed by atoms with Gasteiger partial charge in [0.25, 0.3) is 11.7 Å². The third kappa shape index (κ3) is 4.32. The van der Waals surface area contributed by atoms with E-state index >= 15 is 0 Å². The van der Waals surface area contributed by atoms with E-state index in [1.54, 1.807) is 37.5 Å². The van der Waals surface area contributed by atoms with Crippen LogP contribution in [0.1, 0.15) is 29.7 Å². The summed E-state index contributed by atoms with van der Waals surface area (Å²) in [5.41, 5.74) is 0.773. The van der Waals surface area contributed by atoms with Gasteiger partial charge in [0.2, 0.25) is 0 Å². The first-order valence-corrected chi connectivity index (χ1v) is 10.6. The van der Waals surface area contributed by atoms with Crippen molar-refractivity contribution < 1.29 is 23.8 Å². The lowest BCUT2D eigenvalue weighted by Crippen LogP contribution is -2.29. The fourth-order valence-electron chi connectivity index (χ4n) is 3.82. The van der Waals surface area contributed by atoms with Crippen molar-refractivity contribution in [3.05, 3.63) is 100 Å². The molecule has 1 fully saturated rings. The molecule has 0 saturated carbocycles. The Hall–Kier alpha value is -3.71. The number of ketones is 1. The van der Waals surface area contributed by atoms with Gasteiger partial charge in [0.05, 0.1) is 23.2 Å². The van der Waals surface area contributed by atoms with Crippen molar-refractivity contribution in [3.8, 4) is 5.75 Å². The minimum Gasteiger partial charge on any atom is -0.507 e. The average molecular weight is 467 g/mol. The van der Waals surface area contributed by atoms with E-state index in [-0.39, 0.29) is 23.2 Å². The second-order valence-electron chi connectivity index (χ2n) is 7.39. The molecule has 1 saturated heterocycles. The molecular weight excluding hydrogens is 447 g/mol. The van der Waals surface area contributed by atoms with Crippen LogP contribution in [0.25, 0.3) is 5.76 Å². The smallest absolute Gasteiger partial charge is 0.295 e. The SMILES string of the molecule is CCOc1cc(/C(O)=C2\C(=O)C(=O)N(Cc3cccnc3)C2c2ccccc2F)ccc1Cl. The minimum absolute atomic E-state index is 0.0129. The molecule has 1 unspecified atom stereocenters. The fourth-order valence-corrected chi connectivity index (χ4v) is 4.00. The van der Waals surface area contributed by atoms with Gasteiger partial charge in [0, 0.05) is 30.1 Å². The van der Waals surface area contributed by atoms with E-state index in [4.69, 9.17) is 16.3 Å². The lowest BCUT2D eigenvalue weighted by atomic mass is 9.94. The Morgan fingerprint density at radius 3 is 2.67 bits per heavy atom. The monoisotopic (exact) mass is 466 g/mol. The standard InChI is InChI=1S/C25H20ClFN2O4/c1-2-33-20-12-16(9-10-18(20)26)23(30)21-22(17-7-3-4-8-19(17)27)29(25(32)24(21)31)14-15-6-5-11-28-13-15/h3-13,22,30H,2,14H2,1H3/b23-21+. The van der Waals surface area contributed by atoms with Crippen molar-refractivity contribution in [3.63, 3.8) is 0 Å². The van der Waals surface area contributed by atoms with Crippen molar-refractivity contribution in [2.75, 3.05) is 6.61 Å². The summed E-state index contributed by atoms with van der Waals surface area (Å²) >= 11 is 6.14. The quantitative estimate of drug-likeness (QED) is 0.318. The number of pyridine rings is 1. The molecule has 0 bridgehead atoms. The zero-order valence-electron chi connectivity index (χ0n) is 17.7. The molecule has 0 radical (unpaired) electrons. The predicted molar refractivity (Wildman–Crippen MR) is 121 cm³/mol. The molecule has 1 atom stereocenters. The normalized spacial score (nSPS) is 17.4. The molecule has 1 N–H and O–H groups in total. The van der Waals surface area contributed by atoms with Gasteiger partial charge in [0.15, 0.2) is 0 Å². The molecule has 3 aromatic rings. The number of likely N-dealkylation sites (tertiary alicyclic amines) is 1. The summed E-state index contributed by atoms with van der Waals surface area (Å²) in [4.78, 5) is 31.4. The number of benzene rings is 2. The second kappa shape index (κ2) is 9.42. The molecule has 0 spiro atoms. The summed E-state index contributed by atoms with van der Waals surface area (Å²) < 4.78 is 20.3. The third-order valence-electron chi connectivity index (χ3n) is 5.32. The lowest BCUT2D eigenvalue weighted by molar-refractivity contribution is -0.140. The fraction of sp³-hybridized carbons (Fsp3) is 0.160. The number of hydrogen-bond donors (Lipinski definition) is 1. The van der Waals surface area contributed by atoms with Gasteiger partial charge in [-0.3, -0.25) is 14.6 Å². The van der Waals surface area contributed by atoms with Gasteiger partial charge in [-0.15, -0.1) is 0 Å². The zero-order chi connectivity index (χ0) is 23.5. The number of hydrogen-bond acceptors (Lipinski definition) is 5. The van der Waals surface area contributed by atoms with Gasteiger partial charge in [-0.05, 0) is 42.8 Å². The molecule has 8 heteroatoms. The number of amides is 1. The number of rotatable bonds is 6. The molecule has 2 heterocycles. The number of Topliss-reactive ketones (excluding diaryl/α,β-unsaturated/α-hetero) is 1. The van der Waals surface area contributed by atoms with Gasteiger partial charge < -0.3 is 14.7 Å². The van der Waals surface area contributed by atoms with Crippen LogP contribution in [0.4, 0.5) is 4.39 Å². The van der Waals surface area contributed by atoms with Crippen LogP contribution in [0.15, 0.2) is 72.6 Å². The number of aliphatic hydroxyl groups is 1. The lowest BCUT2D eigenvalue weighted by Gasteiger charge is -2.25. The second-order valence-corrected chi connectivity index (χ2v) is 7.80. The highest BCUT2D eigenvalue weighted by Crippen LogP contribution is 2.41. The molecule has 6 nitrogen and oxygen atoms in total. The van der Waals surface area contributed by atoms with E-state index in [1.807, 2.05) is 0 Å². The van der Waals surface area contributed by atoms with E-state index in [9.17, 15) is 19.1 Å². The maximum Gasteiger partial charge on any atom is 0.295 e. The maximum atomic E-state index is 14.9. The van der Waals surface area contributed by atoms with Crippen LogP contribution >= 0.6 is 11.6 Å². The molecular formula is C25H20ClFN2O4. The Balaban J connectivity index is 1.88. The maximum absolute atomic E-state index is 14.9. The van der Waals surface area contributed by atoms with Gasteiger partial charge in [0.1, 0.15) is 17.3 Å². The molecule has 1 amide bonds. The molecule has 33 heavy (non-hydrogen) atoms. The van der Waals surface area contributed by atoms with E-state index < -0.39 is 29.3 Å². The Bertz CT molecular complexity index is 1250. The van der Waals surface area contributed by atoms with Crippen molar-refractivity contribution in [2.24, 2.45) is 0 Å². The van der Waals surface area contributed by atoms with E-state index in [2.05, 4.69) is 4.98 Å². The van der Waals surface area contributed by atoms with Crippen LogP contribution in [0.5, 0.6) is 5.75 Å². The Morgan fingerprint density at radius 1 is 1.18 bits per heavy atom. The van der Waals surface area contributed by atoms with E-state index in [0.717, 1.165) is 0 Å². The van der Waals surface area contributed by atoms with Crippen LogP contribution in [0, 0.1) is 5.82 Å². The first-order valence-electron chi connectivity index (χ1n) is 10.3. The van der Waals surface area contributed by atoms with Gasteiger partial charge >= 0.3 is 0 Å². The summed E-state index contributed by atoms with van der Waals surface area (Å²) in [5.74, 6) is -2.47. The van der Waals surface area contributed by atoms with E-state index in [1.165, 1.54) is 41.3 Å². The summed E-state index contributed by atoms with van der Waals surface area (Å²) in [7, 11) is 0. The van der Waals surface area contributed by atoms with Crippen LogP contribution in [0.2, 0.25) is 5.02 Å². The molecule has 168 valence electrons. The van der Waals surface area contributed by atoms with Crippen molar-refractivity contribution in [2.45, 2.75) is 19.5 Å². The van der Waals surface area contributed by atoms with Crippen LogP contribution in [-0.4, -0.2) is 33.3 Å². The summed E-state index contributed by atoms with van der Waals surface area (Å²) in [6.07, 6.45) is 3.15. The molecule has 1 aromatic heterocycles. The van der Waals surface area contributed by atoms with Crippen molar-refractivity contribution in [1.29, 1.82) is 0 Å². The summed E-state index contributed by atoms with van der Waals surface area (Å²) in [5, 5.41) is 11.5. The number of aromatic nitrogens is 1. The number of carbonyl (C=O) groups excluding carboxylic acids is 2. The first kappa shape index (κ1) is 22.5. The highest BCUT2D eigenvalue weighted by Gasteiger charge is 2.47. The van der Waals surface area contributed by atoms with Crippen LogP contribution in [0.3, 0.4) is 0 Å². The van der Waals surface area contributed by atoms with E-state index in [0.29, 0.717) is 22.9 Å². The number of aliphatic hydroxyl groups excluding tert-OH is 1. The molecule has 1 aliphatic heterocycles. The van der Waals surface area contributed by atoms with Crippen LogP contribution in [-0.2, 0) is 16.1 Å². The molecule has 1 aliphatic rings. The average Bonchev–Trinajstić information content (AvgIpc) is 3.06. The van der Waals surface area contributed by atoms with Gasteiger partial charge in [-0.25, -0.2) is 4.39 Å². The topological polar surface area (TPSA) is 79.7 Å². The zero-order valence-corrected chi connectivity index (χ0v) is 18.4. The number of halogens is 2. The minimum atomic E-state index is -1.13. The Morgan fingerprint density at radius 2 is 1.97 bits per heavy atom. The predicted octanol–water partition coefficient (Wildman–Crippen LogP) is 4.89. The first-order chi connectivity index (χ1) is 15.9. The summed E-state index contributed by atoms with van der Waals surface area (Å²) in [6, 6.07) is 12.7. The van der Waals surface area contributed by atoms with Gasteiger partial charge in [-0.1, -0.05) is 35.9 Å². The Kier molecular flexibility index (Phi) is 6.42. The largest absolute Gasteiger partial charge is 0.507 e. The number of ether oxygens (including phenoxy) is 1. The Labute approximate surface area is 194 Å². The molecule has 0 aliphatic carbocycles. The summed E-state index contributed by atoms with van der Waals surface area (Å²) in [6.45, 7) is 2.14. The highest BCUT2D eigenvalue weighted by atomic mass is 35.5. The molecule has 4 rings (SSSR count). The van der Waals surface area contributed by atoms with Crippen molar-refractivity contribution in [1.82, 2.24) is 9.88 Å². The van der Waals surface area contributed by atoms with Crippen molar-refractivity contribution >= 4 is 29.1 Å². The number of carbonyl (C=O) groups is 2. The number of nitrogens with zero attached hydrogens (tertiary/aromatic N) is 2. The third-order valence-corrected chi connectivity index (χ3v) is 5.63. The van der Waals surface area contributed by atoms with Gasteiger partial charge in [-0.2, -0.15) is 0 Å².